The van der Waals surface area contributed by atoms with Gasteiger partial charge in [-0.25, -0.2) is 0 Å². The van der Waals surface area contributed by atoms with Crippen LogP contribution in [0.1, 0.15) is 35.2 Å². The molecule has 1 amide bonds. The van der Waals surface area contributed by atoms with Crippen LogP contribution >= 0.6 is 0 Å². The Hall–Kier alpha value is -2.40. The molecule has 5 nitrogen and oxygen atoms in total. The van der Waals surface area contributed by atoms with Gasteiger partial charge in [-0.15, -0.1) is 0 Å². The van der Waals surface area contributed by atoms with Gasteiger partial charge >= 0.3 is 0 Å². The number of pyridine rings is 1. The summed E-state index contributed by atoms with van der Waals surface area (Å²) >= 11 is 0. The Labute approximate surface area is 141 Å². The van der Waals surface area contributed by atoms with Crippen LogP contribution in [0, 0.1) is 6.92 Å². The van der Waals surface area contributed by atoms with Gasteiger partial charge in [-0.1, -0.05) is 0 Å². The number of hydrogen-bond acceptors (Lipinski definition) is 4. The summed E-state index contributed by atoms with van der Waals surface area (Å²) < 4.78 is 5.76. The molecule has 1 aromatic heterocycles. The number of ether oxygens (including phenoxy) is 1. The van der Waals surface area contributed by atoms with Crippen LogP contribution in [0.2, 0.25) is 0 Å². The summed E-state index contributed by atoms with van der Waals surface area (Å²) in [5.41, 5.74) is 1.70. The minimum Gasteiger partial charge on any atom is -0.456 e. The average molecular weight is 323 g/mol. The van der Waals surface area contributed by atoms with Crippen LogP contribution in [0.15, 0.2) is 42.7 Å². The third kappa shape index (κ3) is 3.12. The van der Waals surface area contributed by atoms with Gasteiger partial charge in [-0.05, 0) is 62.1 Å². The van der Waals surface area contributed by atoms with Crippen molar-refractivity contribution in [2.45, 2.75) is 44.3 Å². The van der Waals surface area contributed by atoms with Crippen molar-refractivity contribution in [3.8, 4) is 11.5 Å². The van der Waals surface area contributed by atoms with E-state index in [9.17, 15) is 4.79 Å². The molecular formula is C19H21N3O2. The van der Waals surface area contributed by atoms with Crippen LogP contribution in [0.4, 0.5) is 0 Å². The molecule has 2 aliphatic heterocycles. The van der Waals surface area contributed by atoms with Crippen LogP contribution in [0.25, 0.3) is 0 Å². The van der Waals surface area contributed by atoms with Gasteiger partial charge in [-0.3, -0.25) is 9.78 Å². The second-order valence-corrected chi connectivity index (χ2v) is 6.69. The van der Waals surface area contributed by atoms with Gasteiger partial charge in [0, 0.05) is 29.9 Å². The number of rotatable bonds is 4. The molecule has 124 valence electrons. The molecule has 2 bridgehead atoms. The number of fused-ring (bicyclic) bond motifs is 2. The Morgan fingerprint density at radius 1 is 1.21 bits per heavy atom. The van der Waals surface area contributed by atoms with Crippen LogP contribution in [-0.4, -0.2) is 29.0 Å². The first-order valence-electron chi connectivity index (χ1n) is 8.44. The number of carbonyl (C=O) groups is 1. The minimum absolute atomic E-state index is 0.0156. The predicted octanol–water partition coefficient (Wildman–Crippen LogP) is 2.81. The molecular weight excluding hydrogens is 302 g/mol. The normalized spacial score (nSPS) is 24.8. The maximum absolute atomic E-state index is 12.4. The Morgan fingerprint density at radius 2 is 2.04 bits per heavy atom. The van der Waals surface area contributed by atoms with Crippen molar-refractivity contribution in [3.05, 3.63) is 53.9 Å². The zero-order chi connectivity index (χ0) is 16.5. The molecule has 0 saturated carbocycles. The van der Waals surface area contributed by atoms with E-state index in [1.165, 1.54) is 6.42 Å². The number of nitrogens with one attached hydrogen (secondary N) is 2. The molecule has 24 heavy (non-hydrogen) atoms. The highest BCUT2D eigenvalue weighted by molar-refractivity contribution is 5.94. The first kappa shape index (κ1) is 15.1. The van der Waals surface area contributed by atoms with E-state index in [1.807, 2.05) is 25.1 Å². The molecule has 2 aromatic rings. The number of benzene rings is 1. The fourth-order valence-electron chi connectivity index (χ4n) is 3.63. The summed E-state index contributed by atoms with van der Waals surface area (Å²) in [6, 6.07) is 10.4. The van der Waals surface area contributed by atoms with E-state index in [1.54, 1.807) is 24.5 Å². The minimum atomic E-state index is -0.0156. The zero-order valence-electron chi connectivity index (χ0n) is 13.7. The number of nitrogens with zero attached hydrogens (tertiary/aromatic N) is 1. The number of hydrogen-bond donors (Lipinski definition) is 2. The van der Waals surface area contributed by atoms with Crippen LogP contribution in [0.5, 0.6) is 11.5 Å². The molecule has 0 aliphatic carbocycles. The lowest BCUT2D eigenvalue weighted by Gasteiger charge is -2.21. The van der Waals surface area contributed by atoms with Gasteiger partial charge in [-0.2, -0.15) is 0 Å². The van der Waals surface area contributed by atoms with E-state index < -0.39 is 0 Å². The molecule has 1 aromatic carbocycles. The molecule has 2 fully saturated rings. The number of amides is 1. The highest BCUT2D eigenvalue weighted by atomic mass is 16.5. The van der Waals surface area contributed by atoms with Crippen molar-refractivity contribution in [2.24, 2.45) is 0 Å². The third-order valence-electron chi connectivity index (χ3n) is 4.82. The molecule has 3 heterocycles. The van der Waals surface area contributed by atoms with Crippen LogP contribution in [0.3, 0.4) is 0 Å². The van der Waals surface area contributed by atoms with Gasteiger partial charge in [0.05, 0.1) is 6.20 Å². The zero-order valence-corrected chi connectivity index (χ0v) is 13.7. The lowest BCUT2D eigenvalue weighted by molar-refractivity contribution is 0.0931. The SMILES string of the molecule is Cc1cncc(Oc2ccc(C(=O)NC3CC4CCC3N4)cc2)c1. The smallest absolute Gasteiger partial charge is 0.251 e. The van der Waals surface area contributed by atoms with Gasteiger partial charge in [0.15, 0.2) is 0 Å². The summed E-state index contributed by atoms with van der Waals surface area (Å²) in [4.78, 5) is 16.5. The molecule has 5 heteroatoms. The second kappa shape index (κ2) is 6.24. The summed E-state index contributed by atoms with van der Waals surface area (Å²) in [7, 11) is 0. The van der Waals surface area contributed by atoms with Crippen molar-refractivity contribution >= 4 is 5.91 Å². The lowest BCUT2D eigenvalue weighted by atomic mass is 9.95. The van der Waals surface area contributed by atoms with E-state index in [0.717, 1.165) is 18.4 Å². The fraction of sp³-hybridized carbons (Fsp3) is 0.368. The van der Waals surface area contributed by atoms with Gasteiger partial charge in [0.25, 0.3) is 5.91 Å². The van der Waals surface area contributed by atoms with Gasteiger partial charge < -0.3 is 15.4 Å². The third-order valence-corrected chi connectivity index (χ3v) is 4.82. The summed E-state index contributed by atoms with van der Waals surface area (Å²) in [6.07, 6.45) is 6.89. The molecule has 2 N–H and O–H groups in total. The molecule has 3 unspecified atom stereocenters. The maximum Gasteiger partial charge on any atom is 0.251 e. The van der Waals surface area contributed by atoms with Crippen molar-refractivity contribution in [1.82, 2.24) is 15.6 Å². The standard InChI is InChI=1S/C19H21N3O2/c1-12-8-16(11-20-10-12)24-15-5-2-13(3-6-15)19(23)22-18-9-14-4-7-17(18)21-14/h2-3,5-6,8,10-11,14,17-18,21H,4,7,9H2,1H3,(H,22,23). The Kier molecular flexibility index (Phi) is 3.94. The summed E-state index contributed by atoms with van der Waals surface area (Å²) in [6.45, 7) is 1.97. The topological polar surface area (TPSA) is 63.2 Å². The highest BCUT2D eigenvalue weighted by Crippen LogP contribution is 2.28. The molecule has 3 atom stereocenters. The largest absolute Gasteiger partial charge is 0.456 e. The first-order chi connectivity index (χ1) is 11.7. The quantitative estimate of drug-likeness (QED) is 0.908. The van der Waals surface area contributed by atoms with E-state index in [0.29, 0.717) is 29.1 Å². The monoisotopic (exact) mass is 323 g/mol. The maximum atomic E-state index is 12.4. The Balaban J connectivity index is 1.39. The van der Waals surface area contributed by atoms with Crippen molar-refractivity contribution in [2.75, 3.05) is 0 Å². The van der Waals surface area contributed by atoms with Gasteiger partial charge in [0.2, 0.25) is 0 Å². The van der Waals surface area contributed by atoms with Gasteiger partial charge in [0.1, 0.15) is 11.5 Å². The molecule has 2 aliphatic rings. The van der Waals surface area contributed by atoms with Crippen molar-refractivity contribution in [1.29, 1.82) is 0 Å². The molecule has 2 saturated heterocycles. The molecule has 0 radical (unpaired) electrons. The number of aromatic nitrogens is 1. The van der Waals surface area contributed by atoms with E-state index >= 15 is 0 Å². The summed E-state index contributed by atoms with van der Waals surface area (Å²) in [5, 5.41) is 6.69. The van der Waals surface area contributed by atoms with E-state index in [-0.39, 0.29) is 11.9 Å². The second-order valence-electron chi connectivity index (χ2n) is 6.69. The van der Waals surface area contributed by atoms with Crippen molar-refractivity contribution in [3.63, 3.8) is 0 Å². The van der Waals surface area contributed by atoms with Crippen LogP contribution < -0.4 is 15.4 Å². The van der Waals surface area contributed by atoms with Crippen molar-refractivity contribution < 1.29 is 9.53 Å². The Morgan fingerprint density at radius 3 is 2.71 bits per heavy atom. The highest BCUT2D eigenvalue weighted by Gasteiger charge is 2.39. The average Bonchev–Trinajstić information content (AvgIpc) is 3.18. The first-order valence-corrected chi connectivity index (χ1v) is 8.44. The number of carbonyl (C=O) groups excluding carboxylic acids is 1. The van der Waals surface area contributed by atoms with E-state index in [2.05, 4.69) is 15.6 Å². The number of aryl methyl sites for hydroxylation is 1. The molecule has 0 spiro atoms. The summed E-state index contributed by atoms with van der Waals surface area (Å²) in [5.74, 6) is 1.37. The Bertz CT molecular complexity index is 745. The lowest BCUT2D eigenvalue weighted by Crippen LogP contribution is -2.42. The fourth-order valence-corrected chi connectivity index (χ4v) is 3.63. The molecule has 4 rings (SSSR count). The van der Waals surface area contributed by atoms with Crippen LogP contribution in [-0.2, 0) is 0 Å². The van der Waals surface area contributed by atoms with E-state index in [4.69, 9.17) is 4.74 Å². The predicted molar refractivity (Wildman–Crippen MR) is 91.3 cm³/mol.